The lowest BCUT2D eigenvalue weighted by Gasteiger charge is -2.23. The molecule has 2 rings (SSSR count). The number of rotatable bonds is 10. The van der Waals surface area contributed by atoms with Crippen LogP contribution in [0, 0.1) is 5.92 Å². The van der Waals surface area contributed by atoms with Crippen molar-refractivity contribution >= 4 is 45.5 Å². The van der Waals surface area contributed by atoms with E-state index in [0.29, 0.717) is 11.4 Å². The molecule has 7 nitrogen and oxygen atoms in total. The first-order chi connectivity index (χ1) is 15.7. The van der Waals surface area contributed by atoms with E-state index in [1.807, 2.05) is 44.2 Å². The lowest BCUT2D eigenvalue weighted by atomic mass is 10.0. The minimum absolute atomic E-state index is 0.0796. The molecule has 0 aliphatic carbocycles. The first-order valence-electron chi connectivity index (χ1n) is 10.5. The van der Waals surface area contributed by atoms with Crippen LogP contribution in [0.15, 0.2) is 53.0 Å². The molecule has 0 unspecified atom stereocenters. The smallest absolute Gasteiger partial charge is 0.408 e. The van der Waals surface area contributed by atoms with Gasteiger partial charge in [0.1, 0.15) is 18.7 Å². The van der Waals surface area contributed by atoms with Gasteiger partial charge in [0.25, 0.3) is 0 Å². The van der Waals surface area contributed by atoms with Crippen molar-refractivity contribution in [3.05, 3.63) is 69.2 Å². The highest BCUT2D eigenvalue weighted by Gasteiger charge is 2.29. The molecule has 9 heteroatoms. The van der Waals surface area contributed by atoms with Crippen LogP contribution in [0.1, 0.15) is 31.4 Å². The van der Waals surface area contributed by atoms with Crippen LogP contribution in [0.3, 0.4) is 0 Å². The molecule has 0 aliphatic rings. The van der Waals surface area contributed by atoms with E-state index in [2.05, 4.69) is 26.6 Å². The van der Waals surface area contributed by atoms with Crippen LogP contribution in [0.25, 0.3) is 0 Å². The van der Waals surface area contributed by atoms with E-state index >= 15 is 0 Å². The van der Waals surface area contributed by atoms with Crippen LogP contribution in [-0.2, 0) is 32.1 Å². The summed E-state index contributed by atoms with van der Waals surface area (Å²) >= 11 is 9.50. The molecular weight excluding hydrogens is 512 g/mol. The average molecular weight is 540 g/mol. The molecule has 2 aromatic rings. The van der Waals surface area contributed by atoms with E-state index in [0.717, 1.165) is 15.6 Å². The SMILES string of the molecule is COC(=O)[C@@H](Cc1cc(Cl)ccc1Br)NC(=O)[C@H](CC(C)C)NC(=O)OCc1ccccc1. The number of hydrogen-bond donors (Lipinski definition) is 2. The van der Waals surface area contributed by atoms with E-state index in [4.69, 9.17) is 21.1 Å². The summed E-state index contributed by atoms with van der Waals surface area (Å²) in [6.45, 7) is 3.94. The normalized spacial score (nSPS) is 12.5. The Morgan fingerprint density at radius 1 is 1.03 bits per heavy atom. The molecule has 2 atom stereocenters. The van der Waals surface area contributed by atoms with Gasteiger partial charge < -0.3 is 20.1 Å². The monoisotopic (exact) mass is 538 g/mol. The first-order valence-corrected chi connectivity index (χ1v) is 11.7. The molecule has 0 aliphatic heterocycles. The van der Waals surface area contributed by atoms with E-state index in [1.165, 1.54) is 7.11 Å². The third-order valence-corrected chi connectivity index (χ3v) is 5.77. The molecule has 0 radical (unpaired) electrons. The average Bonchev–Trinajstić information content (AvgIpc) is 2.79. The Kier molecular flexibility index (Phi) is 10.7. The maximum atomic E-state index is 13.0. The van der Waals surface area contributed by atoms with Crippen molar-refractivity contribution in [2.24, 2.45) is 5.92 Å². The fraction of sp³-hybridized carbons (Fsp3) is 0.375. The molecule has 0 saturated carbocycles. The Morgan fingerprint density at radius 2 is 1.73 bits per heavy atom. The minimum Gasteiger partial charge on any atom is -0.467 e. The van der Waals surface area contributed by atoms with Gasteiger partial charge in [-0.05, 0) is 41.7 Å². The number of esters is 1. The van der Waals surface area contributed by atoms with Crippen molar-refractivity contribution in [3.8, 4) is 0 Å². The molecule has 0 heterocycles. The van der Waals surface area contributed by atoms with Crippen molar-refractivity contribution in [1.29, 1.82) is 0 Å². The standard InChI is InChI=1S/C24H28BrClN2O5/c1-15(2)11-20(28-24(31)33-14-16-7-5-4-6-8-16)22(29)27-21(23(30)32-3)13-17-12-18(26)9-10-19(17)25/h4-10,12,15,20-21H,11,13-14H2,1-3H3,(H,27,29)(H,28,31)/t20-,21+/m0/s1. The fourth-order valence-corrected chi connectivity index (χ4v) is 3.74. The summed E-state index contributed by atoms with van der Waals surface area (Å²) in [5.74, 6) is -1.01. The predicted octanol–water partition coefficient (Wildman–Crippen LogP) is 4.64. The largest absolute Gasteiger partial charge is 0.467 e. The molecule has 178 valence electrons. The van der Waals surface area contributed by atoms with Gasteiger partial charge in [-0.25, -0.2) is 9.59 Å². The summed E-state index contributed by atoms with van der Waals surface area (Å²) in [4.78, 5) is 37.7. The predicted molar refractivity (Wildman–Crippen MR) is 130 cm³/mol. The summed E-state index contributed by atoms with van der Waals surface area (Å²) in [5, 5.41) is 5.81. The van der Waals surface area contributed by atoms with Gasteiger partial charge in [0.2, 0.25) is 5.91 Å². The molecule has 0 spiro atoms. The van der Waals surface area contributed by atoms with Crippen LogP contribution in [0.5, 0.6) is 0 Å². The van der Waals surface area contributed by atoms with Gasteiger partial charge in [0, 0.05) is 15.9 Å². The highest BCUT2D eigenvalue weighted by molar-refractivity contribution is 9.10. The molecular formula is C24H28BrClN2O5. The lowest BCUT2D eigenvalue weighted by Crippen LogP contribution is -2.53. The summed E-state index contributed by atoms with van der Waals surface area (Å²) < 4.78 is 10.9. The summed E-state index contributed by atoms with van der Waals surface area (Å²) in [6.07, 6.45) is -0.195. The van der Waals surface area contributed by atoms with Crippen molar-refractivity contribution in [2.45, 2.75) is 45.4 Å². The highest BCUT2D eigenvalue weighted by Crippen LogP contribution is 2.23. The first kappa shape index (κ1) is 26.7. The molecule has 0 saturated heterocycles. The van der Waals surface area contributed by atoms with Gasteiger partial charge in [-0.2, -0.15) is 0 Å². The number of carbonyl (C=O) groups is 3. The molecule has 0 aromatic heterocycles. The maximum Gasteiger partial charge on any atom is 0.408 e. The number of amides is 2. The summed E-state index contributed by atoms with van der Waals surface area (Å²) in [5.41, 5.74) is 1.56. The van der Waals surface area contributed by atoms with Gasteiger partial charge >= 0.3 is 12.1 Å². The van der Waals surface area contributed by atoms with E-state index in [1.54, 1.807) is 18.2 Å². The number of hydrogen-bond acceptors (Lipinski definition) is 5. The number of nitrogens with one attached hydrogen (secondary N) is 2. The number of ether oxygens (including phenoxy) is 2. The Balaban J connectivity index is 2.08. The van der Waals surface area contributed by atoms with Crippen LogP contribution in [-0.4, -0.2) is 37.2 Å². The topological polar surface area (TPSA) is 93.7 Å². The summed E-state index contributed by atoms with van der Waals surface area (Å²) in [7, 11) is 1.25. The Morgan fingerprint density at radius 3 is 2.36 bits per heavy atom. The minimum atomic E-state index is -0.964. The van der Waals surface area contributed by atoms with E-state index < -0.39 is 30.1 Å². The van der Waals surface area contributed by atoms with Crippen molar-refractivity contribution < 1.29 is 23.9 Å². The molecule has 0 bridgehead atoms. The molecule has 2 N–H and O–H groups in total. The van der Waals surface area contributed by atoms with Gasteiger partial charge in [-0.3, -0.25) is 4.79 Å². The van der Waals surface area contributed by atoms with Crippen molar-refractivity contribution in [2.75, 3.05) is 7.11 Å². The van der Waals surface area contributed by atoms with Crippen molar-refractivity contribution in [1.82, 2.24) is 10.6 Å². The lowest BCUT2D eigenvalue weighted by molar-refractivity contribution is -0.145. The molecule has 0 fully saturated rings. The zero-order chi connectivity index (χ0) is 24.4. The Labute approximate surface area is 207 Å². The Hall–Kier alpha value is -2.58. The third kappa shape index (κ3) is 9.06. The Bertz CT molecular complexity index is 955. The summed E-state index contributed by atoms with van der Waals surface area (Å²) in [6, 6.07) is 12.6. The van der Waals surface area contributed by atoms with Crippen LogP contribution < -0.4 is 10.6 Å². The van der Waals surface area contributed by atoms with Crippen molar-refractivity contribution in [3.63, 3.8) is 0 Å². The number of methoxy groups -OCH3 is 1. The second-order valence-corrected chi connectivity index (χ2v) is 9.20. The number of carbonyl (C=O) groups excluding carboxylic acids is 3. The van der Waals surface area contributed by atoms with Crippen LogP contribution in [0.4, 0.5) is 4.79 Å². The molecule has 33 heavy (non-hydrogen) atoms. The molecule has 2 amide bonds. The second-order valence-electron chi connectivity index (χ2n) is 7.91. The quantitative estimate of drug-likeness (QED) is 0.429. The van der Waals surface area contributed by atoms with Gasteiger partial charge in [0.15, 0.2) is 0 Å². The maximum absolute atomic E-state index is 13.0. The third-order valence-electron chi connectivity index (χ3n) is 4.76. The van der Waals surface area contributed by atoms with Gasteiger partial charge in [-0.1, -0.05) is 71.7 Å². The zero-order valence-electron chi connectivity index (χ0n) is 18.8. The van der Waals surface area contributed by atoms with Gasteiger partial charge in [0.05, 0.1) is 7.11 Å². The number of benzene rings is 2. The highest BCUT2D eigenvalue weighted by atomic mass is 79.9. The fourth-order valence-electron chi connectivity index (χ4n) is 3.14. The number of halogens is 2. The van der Waals surface area contributed by atoms with Crippen LogP contribution in [0.2, 0.25) is 5.02 Å². The number of alkyl carbamates (subject to hydrolysis) is 1. The van der Waals surface area contributed by atoms with Crippen LogP contribution >= 0.6 is 27.5 Å². The van der Waals surface area contributed by atoms with E-state index in [9.17, 15) is 14.4 Å². The van der Waals surface area contributed by atoms with Gasteiger partial charge in [-0.15, -0.1) is 0 Å². The molecule has 2 aromatic carbocycles. The van der Waals surface area contributed by atoms with E-state index in [-0.39, 0.29) is 18.9 Å². The zero-order valence-corrected chi connectivity index (χ0v) is 21.1. The second kappa shape index (κ2) is 13.2.